The van der Waals surface area contributed by atoms with Crippen LogP contribution in [0.4, 0.5) is 24.5 Å². The highest BCUT2D eigenvalue weighted by Gasteiger charge is 2.41. The molecule has 0 saturated carbocycles. The number of anilines is 1. The molecule has 154 valence electrons. The van der Waals surface area contributed by atoms with Gasteiger partial charge in [-0.3, -0.25) is 19.7 Å². The lowest BCUT2D eigenvalue weighted by Crippen LogP contribution is -2.40. The van der Waals surface area contributed by atoms with Gasteiger partial charge >= 0.3 is 12.1 Å². The molecule has 2 aromatic carbocycles. The first-order chi connectivity index (χ1) is 13.5. The van der Waals surface area contributed by atoms with Gasteiger partial charge in [-0.15, -0.1) is 0 Å². The van der Waals surface area contributed by atoms with Crippen LogP contribution in [0.5, 0.6) is 0 Å². The second-order valence-electron chi connectivity index (χ2n) is 6.18. The predicted octanol–water partition coefficient (Wildman–Crippen LogP) is 4.07. The van der Waals surface area contributed by atoms with E-state index in [0.29, 0.717) is 10.5 Å². The molecule has 0 radical (unpaired) electrons. The fourth-order valence-electron chi connectivity index (χ4n) is 2.74. The van der Waals surface area contributed by atoms with Crippen LogP contribution in [0.1, 0.15) is 28.4 Å². The third-order valence-corrected chi connectivity index (χ3v) is 4.22. The quantitative estimate of drug-likeness (QED) is 0.575. The summed E-state index contributed by atoms with van der Waals surface area (Å²) in [5, 5.41) is 13.6. The van der Waals surface area contributed by atoms with Gasteiger partial charge in [0.1, 0.15) is 0 Å². The summed E-state index contributed by atoms with van der Waals surface area (Å²) in [5.74, 6) is -2.54. The Hall–Kier alpha value is -3.43. The van der Waals surface area contributed by atoms with Crippen LogP contribution < -0.4 is 5.32 Å². The van der Waals surface area contributed by atoms with Crippen molar-refractivity contribution >= 4 is 23.2 Å². The number of amides is 2. The second kappa shape index (κ2) is 8.72. The zero-order valence-corrected chi connectivity index (χ0v) is 15.6. The van der Waals surface area contributed by atoms with Crippen molar-refractivity contribution in [3.63, 3.8) is 0 Å². The highest BCUT2D eigenvalue weighted by atomic mass is 19.4. The molecule has 0 aliphatic carbocycles. The predicted molar refractivity (Wildman–Crippen MR) is 99.4 cm³/mol. The molecule has 0 aliphatic rings. The first kappa shape index (κ1) is 21.9. The molecule has 10 heteroatoms. The molecule has 0 saturated heterocycles. The van der Waals surface area contributed by atoms with E-state index in [-0.39, 0.29) is 35.6 Å². The Morgan fingerprint density at radius 2 is 1.83 bits per heavy atom. The third-order valence-electron chi connectivity index (χ3n) is 4.22. The van der Waals surface area contributed by atoms with Gasteiger partial charge in [0.2, 0.25) is 0 Å². The Labute approximate surface area is 164 Å². The van der Waals surface area contributed by atoms with Crippen molar-refractivity contribution in [1.29, 1.82) is 0 Å². The maximum absolute atomic E-state index is 12.7. The molecule has 2 aromatic rings. The van der Waals surface area contributed by atoms with Crippen molar-refractivity contribution in [3.8, 4) is 0 Å². The summed E-state index contributed by atoms with van der Waals surface area (Å²) in [7, 11) is 0. The molecule has 0 spiro atoms. The lowest BCUT2D eigenvalue weighted by molar-refractivity contribution is -0.385. The van der Waals surface area contributed by atoms with Crippen molar-refractivity contribution < 1.29 is 27.7 Å². The number of hydrogen-bond donors (Lipinski definition) is 1. The molecule has 2 rings (SSSR count). The van der Waals surface area contributed by atoms with Crippen LogP contribution in [0, 0.1) is 17.0 Å². The SMILES string of the molecule is CCN(Cc1cccc(NC(=O)c2cccc([N+](=O)[O-])c2C)c1)C(=O)C(F)(F)F. The molecule has 1 N–H and O–H groups in total. The van der Waals surface area contributed by atoms with E-state index < -0.39 is 22.9 Å². The van der Waals surface area contributed by atoms with Crippen molar-refractivity contribution in [2.45, 2.75) is 26.6 Å². The normalized spacial score (nSPS) is 11.1. The molecular formula is C19H18F3N3O4. The fourth-order valence-corrected chi connectivity index (χ4v) is 2.74. The number of nitro benzene ring substituents is 1. The number of rotatable bonds is 6. The monoisotopic (exact) mass is 409 g/mol. The molecule has 0 aliphatic heterocycles. The first-order valence-electron chi connectivity index (χ1n) is 8.55. The first-order valence-corrected chi connectivity index (χ1v) is 8.55. The van der Waals surface area contributed by atoms with Crippen molar-refractivity contribution in [3.05, 3.63) is 69.3 Å². The lowest BCUT2D eigenvalue weighted by atomic mass is 10.1. The number of nitrogens with one attached hydrogen (secondary N) is 1. The minimum Gasteiger partial charge on any atom is -0.331 e. The molecule has 0 unspecified atom stereocenters. The van der Waals surface area contributed by atoms with Gasteiger partial charge in [-0.25, -0.2) is 0 Å². The van der Waals surface area contributed by atoms with Gasteiger partial charge in [0.15, 0.2) is 0 Å². The molecule has 0 atom stereocenters. The smallest absolute Gasteiger partial charge is 0.331 e. The van der Waals surface area contributed by atoms with Crippen LogP contribution in [0.2, 0.25) is 0 Å². The van der Waals surface area contributed by atoms with Crippen molar-refractivity contribution in [2.75, 3.05) is 11.9 Å². The van der Waals surface area contributed by atoms with E-state index in [1.54, 1.807) is 0 Å². The summed E-state index contributed by atoms with van der Waals surface area (Å²) in [4.78, 5) is 35.0. The number of halogens is 3. The van der Waals surface area contributed by atoms with Crippen molar-refractivity contribution in [2.24, 2.45) is 0 Å². The lowest BCUT2D eigenvalue weighted by Gasteiger charge is -2.22. The molecule has 0 bridgehead atoms. The van der Waals surface area contributed by atoms with Crippen LogP contribution in [0.25, 0.3) is 0 Å². The average molecular weight is 409 g/mol. The number of nitrogens with zero attached hydrogens (tertiary/aromatic N) is 2. The van der Waals surface area contributed by atoms with Gasteiger partial charge in [0.25, 0.3) is 11.6 Å². The van der Waals surface area contributed by atoms with Crippen LogP contribution in [-0.2, 0) is 11.3 Å². The summed E-state index contributed by atoms with van der Waals surface area (Å²) in [5.41, 5.74) is 0.772. The van der Waals surface area contributed by atoms with Crippen molar-refractivity contribution in [1.82, 2.24) is 4.90 Å². The molecular weight excluding hydrogens is 391 g/mol. The number of carbonyl (C=O) groups is 2. The van der Waals surface area contributed by atoms with Crippen LogP contribution in [0.15, 0.2) is 42.5 Å². The maximum atomic E-state index is 12.7. The molecule has 2 amide bonds. The topological polar surface area (TPSA) is 92.6 Å². The zero-order valence-electron chi connectivity index (χ0n) is 15.6. The minimum absolute atomic E-state index is 0.104. The Morgan fingerprint density at radius 1 is 1.17 bits per heavy atom. The number of alkyl halides is 3. The molecule has 0 fully saturated rings. The van der Waals surface area contributed by atoms with E-state index in [0.717, 1.165) is 0 Å². The minimum atomic E-state index is -4.97. The van der Waals surface area contributed by atoms with Gasteiger partial charge in [-0.2, -0.15) is 13.2 Å². The summed E-state index contributed by atoms with van der Waals surface area (Å²) in [6, 6.07) is 10.1. The highest BCUT2D eigenvalue weighted by molar-refractivity contribution is 6.05. The van der Waals surface area contributed by atoms with E-state index in [4.69, 9.17) is 0 Å². The maximum Gasteiger partial charge on any atom is 0.471 e. The molecule has 29 heavy (non-hydrogen) atoms. The zero-order chi connectivity index (χ0) is 21.8. The Morgan fingerprint density at radius 3 is 2.41 bits per heavy atom. The Bertz CT molecular complexity index is 945. The molecule has 0 aromatic heterocycles. The number of nitro groups is 1. The Balaban J connectivity index is 2.20. The number of benzene rings is 2. The van der Waals surface area contributed by atoms with E-state index in [2.05, 4.69) is 5.32 Å². The average Bonchev–Trinajstić information content (AvgIpc) is 2.65. The largest absolute Gasteiger partial charge is 0.471 e. The van der Waals surface area contributed by atoms with E-state index in [9.17, 15) is 32.9 Å². The summed E-state index contributed by atoms with van der Waals surface area (Å²) >= 11 is 0. The van der Waals surface area contributed by atoms with Crippen LogP contribution in [-0.4, -0.2) is 34.4 Å². The van der Waals surface area contributed by atoms with E-state index >= 15 is 0 Å². The third kappa shape index (κ3) is 5.31. The van der Waals surface area contributed by atoms with Gasteiger partial charge in [0, 0.05) is 36.0 Å². The standard InChI is InChI=1S/C19H18F3N3O4/c1-3-24(18(27)19(20,21)22)11-13-6-4-7-14(10-13)23-17(26)15-8-5-9-16(12(15)2)25(28)29/h4-10H,3,11H2,1-2H3,(H,23,26). The summed E-state index contributed by atoms with van der Waals surface area (Å²) < 4.78 is 38.0. The van der Waals surface area contributed by atoms with Crippen LogP contribution >= 0.6 is 0 Å². The van der Waals surface area contributed by atoms with Gasteiger partial charge in [-0.05, 0) is 37.6 Å². The molecule has 0 heterocycles. The second-order valence-corrected chi connectivity index (χ2v) is 6.18. The van der Waals surface area contributed by atoms with Crippen LogP contribution in [0.3, 0.4) is 0 Å². The van der Waals surface area contributed by atoms with E-state index in [1.165, 1.54) is 56.3 Å². The molecule has 7 nitrogen and oxygen atoms in total. The summed E-state index contributed by atoms with van der Waals surface area (Å²) in [6.45, 7) is 2.46. The van der Waals surface area contributed by atoms with E-state index in [1.807, 2.05) is 0 Å². The number of carbonyl (C=O) groups excluding carboxylic acids is 2. The van der Waals surface area contributed by atoms with Gasteiger partial charge < -0.3 is 10.2 Å². The fraction of sp³-hybridized carbons (Fsp3) is 0.263. The highest BCUT2D eigenvalue weighted by Crippen LogP contribution is 2.23. The summed E-state index contributed by atoms with van der Waals surface area (Å²) in [6.07, 6.45) is -4.97. The van der Waals surface area contributed by atoms with Gasteiger partial charge in [-0.1, -0.05) is 18.2 Å². The van der Waals surface area contributed by atoms with Gasteiger partial charge in [0.05, 0.1) is 4.92 Å². The Kier molecular flexibility index (Phi) is 6.57. The number of hydrogen-bond acceptors (Lipinski definition) is 4.